The molecule has 1 aromatic carbocycles. The normalized spacial score (nSPS) is 33.9. The van der Waals surface area contributed by atoms with Crippen LogP contribution < -0.4 is 5.01 Å². The highest BCUT2D eigenvalue weighted by molar-refractivity contribution is 7.90. The van der Waals surface area contributed by atoms with E-state index in [1.54, 1.807) is 0 Å². The number of carbonyl (C=O) groups excluding carboxylic acids is 2. The van der Waals surface area contributed by atoms with Gasteiger partial charge in [-0.25, -0.2) is 17.5 Å². The van der Waals surface area contributed by atoms with Crippen LogP contribution in [-0.2, 0) is 24.3 Å². The number of carbonyl (C=O) groups is 2. The number of hydrogen-bond donors (Lipinski definition) is 0. The van der Waals surface area contributed by atoms with E-state index in [4.69, 9.17) is 4.74 Å². The van der Waals surface area contributed by atoms with Crippen molar-refractivity contribution >= 4 is 33.3 Å². The number of esters is 1. The lowest BCUT2D eigenvalue weighted by Crippen LogP contribution is -2.51. The maximum absolute atomic E-state index is 13.9. The summed E-state index contributed by atoms with van der Waals surface area (Å²) in [7, 11) is -2.50. The molecule has 5 rings (SSSR count). The third-order valence-corrected chi connectivity index (χ3v) is 10.5. The topological polar surface area (TPSA) is 96.3 Å². The van der Waals surface area contributed by atoms with E-state index in [0.717, 1.165) is 22.7 Å². The van der Waals surface area contributed by atoms with Gasteiger partial charge in [-0.3, -0.25) is 9.80 Å². The number of aryl methyl sites for hydroxylation is 1. The number of hydrazone groups is 1. The summed E-state index contributed by atoms with van der Waals surface area (Å²) >= 11 is 0. The third-order valence-electron chi connectivity index (χ3n) is 8.54. The summed E-state index contributed by atoms with van der Waals surface area (Å²) in [4.78, 5) is 26.1. The predicted molar refractivity (Wildman–Crippen MR) is 119 cm³/mol. The lowest BCUT2D eigenvalue weighted by molar-refractivity contribution is -0.132. The molecule has 2 heterocycles. The van der Waals surface area contributed by atoms with Gasteiger partial charge in [0.05, 0.1) is 24.6 Å². The molecular weight excluding hydrogens is 430 g/mol. The second kappa shape index (κ2) is 6.79. The van der Waals surface area contributed by atoms with Crippen molar-refractivity contribution < 1.29 is 22.7 Å². The Hall–Kier alpha value is -2.42. The molecule has 4 aliphatic rings. The molecule has 1 saturated heterocycles. The Balaban J connectivity index is 1.53. The predicted octanol–water partition coefficient (Wildman–Crippen LogP) is 2.47. The maximum atomic E-state index is 13.9. The highest BCUT2D eigenvalue weighted by Crippen LogP contribution is 2.70. The molecule has 4 atom stereocenters. The van der Waals surface area contributed by atoms with E-state index >= 15 is 0 Å². The van der Waals surface area contributed by atoms with Gasteiger partial charge in [0.2, 0.25) is 10.0 Å². The van der Waals surface area contributed by atoms with Crippen molar-refractivity contribution in [2.24, 2.45) is 21.8 Å². The lowest BCUT2D eigenvalue weighted by atomic mass is 9.69. The molecule has 1 spiro atoms. The minimum atomic E-state index is -3.76. The fourth-order valence-corrected chi connectivity index (χ4v) is 9.18. The molecule has 32 heavy (non-hydrogen) atoms. The number of nitrogens with zero attached hydrogens (tertiary/aromatic N) is 3. The number of sulfonamides is 1. The number of fused-ring (bicyclic) bond motifs is 1. The van der Waals surface area contributed by atoms with Gasteiger partial charge in [0.15, 0.2) is 0 Å². The molecule has 0 unspecified atom stereocenters. The van der Waals surface area contributed by atoms with Crippen LogP contribution in [0.15, 0.2) is 29.4 Å². The average molecular weight is 460 g/mol. The molecule has 2 aliphatic carbocycles. The summed E-state index contributed by atoms with van der Waals surface area (Å²) < 4.78 is 32.7. The van der Waals surface area contributed by atoms with E-state index in [1.807, 2.05) is 31.2 Å². The van der Waals surface area contributed by atoms with Crippen LogP contribution in [0.3, 0.4) is 0 Å². The van der Waals surface area contributed by atoms with Gasteiger partial charge in [-0.05, 0) is 49.7 Å². The van der Waals surface area contributed by atoms with E-state index in [2.05, 4.69) is 18.9 Å². The molecule has 0 aromatic heterocycles. The molecule has 2 aliphatic heterocycles. The van der Waals surface area contributed by atoms with Crippen LogP contribution in [0.1, 0.15) is 45.1 Å². The number of rotatable bonds is 3. The number of amides is 1. The van der Waals surface area contributed by atoms with Crippen molar-refractivity contribution in [1.82, 2.24) is 4.31 Å². The van der Waals surface area contributed by atoms with Crippen LogP contribution in [0.5, 0.6) is 0 Å². The van der Waals surface area contributed by atoms with Gasteiger partial charge in [0.25, 0.3) is 5.91 Å². The Morgan fingerprint density at radius 2 is 1.88 bits per heavy atom. The molecule has 3 fully saturated rings. The Morgan fingerprint density at radius 3 is 2.50 bits per heavy atom. The number of methoxy groups -OCH3 is 1. The first-order valence-electron chi connectivity index (χ1n) is 11.1. The van der Waals surface area contributed by atoms with Crippen LogP contribution >= 0.6 is 0 Å². The zero-order valence-corrected chi connectivity index (χ0v) is 19.7. The first kappa shape index (κ1) is 21.4. The highest BCUT2D eigenvalue weighted by atomic mass is 32.2. The average Bonchev–Trinajstić information content (AvgIpc) is 3.40. The Labute approximate surface area is 188 Å². The quantitative estimate of drug-likeness (QED) is 0.645. The standard InChI is InChI=1S/C23H29N3O5S/c1-14-5-7-16(8-6-14)25-18(12-17(24-25)21(28)31-4)20(27)26-19-11-15-9-10-23(19,22(15,2)3)13-32(26,29)30/h5-8,15,18-19H,9-13H2,1-4H3/t15-,18-,19-,23-/m1/s1. The van der Waals surface area contributed by atoms with Gasteiger partial charge in [-0.1, -0.05) is 31.5 Å². The molecule has 0 N–H and O–H groups in total. The fraction of sp³-hybridized carbons (Fsp3) is 0.609. The Morgan fingerprint density at radius 1 is 1.19 bits per heavy atom. The maximum Gasteiger partial charge on any atom is 0.354 e. The van der Waals surface area contributed by atoms with Gasteiger partial charge < -0.3 is 4.74 Å². The van der Waals surface area contributed by atoms with Crippen LogP contribution in [0.25, 0.3) is 0 Å². The SMILES string of the molecule is COC(=O)C1=NN(c2ccc(C)cc2)[C@@H](C(=O)N2[C@@H]3C[C@H]4CC[C@]3(CS2(=O)=O)C4(C)C)C1. The van der Waals surface area contributed by atoms with Crippen molar-refractivity contribution in [1.29, 1.82) is 0 Å². The number of ether oxygens (including phenoxy) is 1. The van der Waals surface area contributed by atoms with Crippen LogP contribution in [0.2, 0.25) is 0 Å². The van der Waals surface area contributed by atoms with Crippen LogP contribution in [-0.4, -0.2) is 55.3 Å². The van der Waals surface area contributed by atoms with E-state index < -0.39 is 33.4 Å². The molecule has 1 aromatic rings. The first-order chi connectivity index (χ1) is 15.0. The van der Waals surface area contributed by atoms with Crippen LogP contribution in [0.4, 0.5) is 5.69 Å². The summed E-state index contributed by atoms with van der Waals surface area (Å²) in [5.74, 6) is -0.684. The highest BCUT2D eigenvalue weighted by Gasteiger charge is 2.72. The zero-order valence-electron chi connectivity index (χ0n) is 18.9. The minimum absolute atomic E-state index is 0.0118. The van der Waals surface area contributed by atoms with Gasteiger partial charge in [-0.15, -0.1) is 0 Å². The van der Waals surface area contributed by atoms with Crippen molar-refractivity contribution in [2.75, 3.05) is 17.9 Å². The van der Waals surface area contributed by atoms with E-state index in [9.17, 15) is 18.0 Å². The van der Waals surface area contributed by atoms with Crippen LogP contribution in [0, 0.1) is 23.7 Å². The summed E-state index contributed by atoms with van der Waals surface area (Å²) in [5.41, 5.74) is 1.27. The zero-order chi connectivity index (χ0) is 23.1. The number of benzene rings is 1. The molecule has 2 bridgehead atoms. The van der Waals surface area contributed by atoms with Gasteiger partial charge >= 0.3 is 5.97 Å². The molecule has 9 heteroatoms. The summed E-state index contributed by atoms with van der Waals surface area (Å²) in [6, 6.07) is 6.19. The smallest absolute Gasteiger partial charge is 0.354 e. The van der Waals surface area contributed by atoms with E-state index in [1.165, 1.54) is 12.1 Å². The third kappa shape index (κ3) is 2.72. The molecule has 2 saturated carbocycles. The van der Waals surface area contributed by atoms with Gasteiger partial charge in [0.1, 0.15) is 11.8 Å². The Bertz CT molecular complexity index is 1130. The van der Waals surface area contributed by atoms with Gasteiger partial charge in [0, 0.05) is 11.8 Å². The largest absolute Gasteiger partial charge is 0.464 e. The minimum Gasteiger partial charge on any atom is -0.464 e. The number of hydrogen-bond acceptors (Lipinski definition) is 7. The fourth-order valence-electron chi connectivity index (χ4n) is 6.61. The molecule has 8 nitrogen and oxygen atoms in total. The number of anilines is 1. The second-order valence-electron chi connectivity index (χ2n) is 10.2. The van der Waals surface area contributed by atoms with Crippen molar-refractivity contribution in [3.8, 4) is 0 Å². The summed E-state index contributed by atoms with van der Waals surface area (Å²) in [6.07, 6.45) is 2.56. The van der Waals surface area contributed by atoms with Crippen molar-refractivity contribution in [3.63, 3.8) is 0 Å². The second-order valence-corrected chi connectivity index (χ2v) is 12.0. The van der Waals surface area contributed by atoms with Gasteiger partial charge in [-0.2, -0.15) is 5.10 Å². The summed E-state index contributed by atoms with van der Waals surface area (Å²) in [6.45, 7) is 6.26. The van der Waals surface area contributed by atoms with Crippen molar-refractivity contribution in [3.05, 3.63) is 29.8 Å². The first-order valence-corrected chi connectivity index (χ1v) is 12.7. The molecular formula is C23H29N3O5S. The Kier molecular flexibility index (Phi) is 4.55. The monoisotopic (exact) mass is 459 g/mol. The summed E-state index contributed by atoms with van der Waals surface area (Å²) in [5, 5.41) is 5.85. The lowest BCUT2D eigenvalue weighted by Gasteiger charge is -2.37. The molecule has 1 amide bonds. The van der Waals surface area contributed by atoms with Crippen molar-refractivity contribution in [2.45, 2.75) is 58.5 Å². The van der Waals surface area contributed by atoms with E-state index in [-0.39, 0.29) is 29.3 Å². The van der Waals surface area contributed by atoms with E-state index in [0.29, 0.717) is 18.0 Å². The molecule has 172 valence electrons. The molecule has 0 radical (unpaired) electrons.